The molecular formula is C18H13F2N3. The average Bonchev–Trinajstić information content (AvgIpc) is 2.59. The lowest BCUT2D eigenvalue weighted by atomic mass is 10.0. The van der Waals surface area contributed by atoms with Crippen molar-refractivity contribution in [3.63, 3.8) is 0 Å². The van der Waals surface area contributed by atoms with Crippen LogP contribution in [-0.4, -0.2) is 10.7 Å². The van der Waals surface area contributed by atoms with Crippen molar-refractivity contribution in [2.75, 3.05) is 5.43 Å². The van der Waals surface area contributed by atoms with Crippen molar-refractivity contribution in [2.45, 2.75) is 0 Å². The zero-order valence-electron chi connectivity index (χ0n) is 12.1. The number of nitrogens with zero attached hydrogens (tertiary/aromatic N) is 2. The van der Waals surface area contributed by atoms with Crippen LogP contribution in [0.3, 0.4) is 0 Å². The van der Waals surface area contributed by atoms with Crippen LogP contribution in [0.1, 0.15) is 11.1 Å². The lowest BCUT2D eigenvalue weighted by molar-refractivity contribution is 0.585. The molecule has 1 N–H and O–H groups in total. The van der Waals surface area contributed by atoms with E-state index in [1.807, 2.05) is 42.5 Å². The normalized spacial score (nSPS) is 11.3. The predicted octanol–water partition coefficient (Wildman–Crippen LogP) is 4.22. The number of hydrogen-bond acceptors (Lipinski definition) is 3. The topological polar surface area (TPSA) is 37.3 Å². The van der Waals surface area contributed by atoms with Crippen molar-refractivity contribution in [1.29, 1.82) is 0 Å². The van der Waals surface area contributed by atoms with Crippen LogP contribution in [-0.2, 0) is 0 Å². The Labute approximate surface area is 132 Å². The van der Waals surface area contributed by atoms with Crippen molar-refractivity contribution in [3.8, 4) is 0 Å². The smallest absolute Gasteiger partial charge is 0.151 e. The molecule has 0 unspecified atom stereocenters. The number of benzene rings is 2. The van der Waals surface area contributed by atoms with Gasteiger partial charge < -0.3 is 0 Å². The molecule has 0 amide bonds. The Morgan fingerprint density at radius 2 is 1.57 bits per heavy atom. The number of aromatic nitrogens is 1. The van der Waals surface area contributed by atoms with Gasteiger partial charge in [0.1, 0.15) is 5.82 Å². The van der Waals surface area contributed by atoms with Gasteiger partial charge in [-0.3, -0.25) is 10.4 Å². The molecule has 0 bridgehead atoms. The summed E-state index contributed by atoms with van der Waals surface area (Å²) in [6.45, 7) is 0. The summed E-state index contributed by atoms with van der Waals surface area (Å²) in [6, 6.07) is 16.4. The first-order chi connectivity index (χ1) is 11.2. The molecule has 0 radical (unpaired) electrons. The summed E-state index contributed by atoms with van der Waals surface area (Å²) in [6.07, 6.45) is 3.32. The van der Waals surface area contributed by atoms with Crippen LogP contribution in [0, 0.1) is 11.6 Å². The maximum absolute atomic E-state index is 13.7. The summed E-state index contributed by atoms with van der Waals surface area (Å²) in [7, 11) is 0. The summed E-state index contributed by atoms with van der Waals surface area (Å²) < 4.78 is 26.7. The van der Waals surface area contributed by atoms with Crippen molar-refractivity contribution in [3.05, 3.63) is 95.8 Å². The monoisotopic (exact) mass is 309 g/mol. The average molecular weight is 309 g/mol. The van der Waals surface area contributed by atoms with Crippen LogP contribution in [0.5, 0.6) is 0 Å². The number of halogens is 2. The van der Waals surface area contributed by atoms with Crippen LogP contribution in [0.25, 0.3) is 0 Å². The molecule has 2 aromatic carbocycles. The van der Waals surface area contributed by atoms with Gasteiger partial charge in [-0.25, -0.2) is 8.78 Å². The van der Waals surface area contributed by atoms with E-state index in [1.54, 1.807) is 12.4 Å². The minimum Gasteiger partial charge on any atom is -0.275 e. The standard InChI is InChI=1S/C18H13F2N3/c19-15-6-7-17(16(20)12-15)22-23-18(13-4-2-1-3-5-13)14-8-10-21-11-9-14/h1-12,22H/b23-18-. The summed E-state index contributed by atoms with van der Waals surface area (Å²) >= 11 is 0. The highest BCUT2D eigenvalue weighted by Gasteiger charge is 2.08. The molecule has 0 saturated carbocycles. The quantitative estimate of drug-likeness (QED) is 0.578. The van der Waals surface area contributed by atoms with E-state index in [9.17, 15) is 8.78 Å². The van der Waals surface area contributed by atoms with Gasteiger partial charge in [-0.2, -0.15) is 5.10 Å². The fourth-order valence-corrected chi connectivity index (χ4v) is 2.10. The number of rotatable bonds is 4. The third kappa shape index (κ3) is 3.58. The maximum atomic E-state index is 13.7. The Bertz CT molecular complexity index is 777. The van der Waals surface area contributed by atoms with Crippen LogP contribution in [0.2, 0.25) is 0 Å². The van der Waals surface area contributed by atoms with Crippen molar-refractivity contribution in [2.24, 2.45) is 5.10 Å². The molecule has 1 heterocycles. The second-order valence-corrected chi connectivity index (χ2v) is 4.80. The Morgan fingerprint density at radius 3 is 2.26 bits per heavy atom. The fraction of sp³-hybridized carbons (Fsp3) is 0. The Balaban J connectivity index is 1.98. The Morgan fingerprint density at radius 1 is 0.870 bits per heavy atom. The highest BCUT2D eigenvalue weighted by Crippen LogP contribution is 2.16. The molecule has 1 aromatic heterocycles. The molecule has 0 saturated heterocycles. The van der Waals surface area contributed by atoms with Crippen LogP contribution < -0.4 is 5.43 Å². The van der Waals surface area contributed by atoms with Crippen molar-refractivity contribution >= 4 is 11.4 Å². The molecule has 0 spiro atoms. The maximum Gasteiger partial charge on any atom is 0.151 e. The first-order valence-corrected chi connectivity index (χ1v) is 6.98. The van der Waals surface area contributed by atoms with Gasteiger partial charge in [-0.15, -0.1) is 0 Å². The van der Waals surface area contributed by atoms with E-state index >= 15 is 0 Å². The molecule has 0 aliphatic carbocycles. The van der Waals surface area contributed by atoms with E-state index in [0.29, 0.717) is 5.71 Å². The van der Waals surface area contributed by atoms with Gasteiger partial charge in [-0.1, -0.05) is 30.3 Å². The van der Waals surface area contributed by atoms with Gasteiger partial charge in [0.05, 0.1) is 11.4 Å². The van der Waals surface area contributed by atoms with Crippen LogP contribution in [0.4, 0.5) is 14.5 Å². The van der Waals surface area contributed by atoms with Gasteiger partial charge >= 0.3 is 0 Å². The zero-order chi connectivity index (χ0) is 16.1. The molecule has 0 fully saturated rings. The third-order valence-corrected chi connectivity index (χ3v) is 3.22. The molecular weight excluding hydrogens is 296 g/mol. The van der Waals surface area contributed by atoms with Crippen LogP contribution >= 0.6 is 0 Å². The van der Waals surface area contributed by atoms with Gasteiger partial charge in [0.25, 0.3) is 0 Å². The Hall–Kier alpha value is -3.08. The molecule has 0 aliphatic heterocycles. The van der Waals surface area contributed by atoms with E-state index in [1.165, 1.54) is 12.1 Å². The molecule has 0 atom stereocenters. The minimum absolute atomic E-state index is 0.105. The molecule has 23 heavy (non-hydrogen) atoms. The van der Waals surface area contributed by atoms with E-state index in [-0.39, 0.29) is 5.69 Å². The summed E-state index contributed by atoms with van der Waals surface area (Å²) in [5.74, 6) is -1.33. The summed E-state index contributed by atoms with van der Waals surface area (Å²) in [5, 5.41) is 4.30. The zero-order valence-corrected chi connectivity index (χ0v) is 12.1. The van der Waals surface area contributed by atoms with Gasteiger partial charge in [0.15, 0.2) is 5.82 Å². The first-order valence-electron chi connectivity index (χ1n) is 6.98. The molecule has 0 aliphatic rings. The van der Waals surface area contributed by atoms with Gasteiger partial charge in [-0.05, 0) is 24.3 Å². The lowest BCUT2D eigenvalue weighted by Crippen LogP contribution is -2.07. The van der Waals surface area contributed by atoms with Gasteiger partial charge in [0.2, 0.25) is 0 Å². The highest BCUT2D eigenvalue weighted by molar-refractivity contribution is 6.13. The molecule has 5 heteroatoms. The van der Waals surface area contributed by atoms with E-state index in [4.69, 9.17) is 0 Å². The first kappa shape index (κ1) is 14.8. The van der Waals surface area contributed by atoms with E-state index in [0.717, 1.165) is 17.2 Å². The number of pyridine rings is 1. The van der Waals surface area contributed by atoms with Crippen molar-refractivity contribution in [1.82, 2.24) is 4.98 Å². The third-order valence-electron chi connectivity index (χ3n) is 3.22. The van der Waals surface area contributed by atoms with Crippen LogP contribution in [0.15, 0.2) is 78.2 Å². The highest BCUT2D eigenvalue weighted by atomic mass is 19.1. The second-order valence-electron chi connectivity index (χ2n) is 4.80. The molecule has 3 rings (SSSR count). The number of hydrazone groups is 1. The number of hydrogen-bond donors (Lipinski definition) is 1. The molecule has 3 aromatic rings. The van der Waals surface area contributed by atoms with Gasteiger partial charge in [0, 0.05) is 29.6 Å². The largest absolute Gasteiger partial charge is 0.275 e. The minimum atomic E-state index is -0.698. The lowest BCUT2D eigenvalue weighted by Gasteiger charge is -2.09. The second kappa shape index (κ2) is 6.79. The Kier molecular flexibility index (Phi) is 4.38. The summed E-state index contributed by atoms with van der Waals surface area (Å²) in [4.78, 5) is 3.99. The van der Waals surface area contributed by atoms with E-state index < -0.39 is 11.6 Å². The summed E-state index contributed by atoms with van der Waals surface area (Å²) in [5.41, 5.74) is 5.11. The van der Waals surface area contributed by atoms with Crippen molar-refractivity contribution < 1.29 is 8.78 Å². The number of anilines is 1. The number of nitrogens with one attached hydrogen (secondary N) is 1. The fourth-order valence-electron chi connectivity index (χ4n) is 2.10. The predicted molar refractivity (Wildman–Crippen MR) is 86.3 cm³/mol. The molecule has 114 valence electrons. The molecule has 3 nitrogen and oxygen atoms in total. The van der Waals surface area contributed by atoms with E-state index in [2.05, 4.69) is 15.5 Å². The SMILES string of the molecule is Fc1ccc(N/N=C(/c2ccccc2)c2ccncc2)c(F)c1.